The van der Waals surface area contributed by atoms with Gasteiger partial charge in [-0.3, -0.25) is 4.79 Å². The Kier molecular flexibility index (Phi) is 4.28. The molecule has 1 aliphatic heterocycles. The van der Waals surface area contributed by atoms with Gasteiger partial charge in [0.25, 0.3) is 15.9 Å². The highest BCUT2D eigenvalue weighted by molar-refractivity contribution is 7.99. The van der Waals surface area contributed by atoms with E-state index in [-0.39, 0.29) is 16.4 Å². The zero-order chi connectivity index (χ0) is 19.1. The number of hydrogen-bond acceptors (Lipinski definition) is 5. The van der Waals surface area contributed by atoms with Gasteiger partial charge in [0.15, 0.2) is 0 Å². The third kappa shape index (κ3) is 3.06. The molecule has 1 aliphatic rings. The molecule has 2 aromatic rings. The topological polar surface area (TPSA) is 86.7 Å². The van der Waals surface area contributed by atoms with Crippen molar-refractivity contribution in [1.29, 1.82) is 0 Å². The van der Waals surface area contributed by atoms with Crippen LogP contribution in [0.1, 0.15) is 26.3 Å². The van der Waals surface area contributed by atoms with Crippen molar-refractivity contribution in [2.24, 2.45) is 0 Å². The number of hydrogen-bond donors (Lipinski definition) is 2. The van der Waals surface area contributed by atoms with Crippen molar-refractivity contribution in [3.05, 3.63) is 65.9 Å². The first-order chi connectivity index (χ1) is 12.1. The number of phenols is 1. The predicted molar refractivity (Wildman–Crippen MR) is 101 cm³/mol. The predicted octanol–water partition coefficient (Wildman–Crippen LogP) is 3.14. The lowest BCUT2D eigenvalue weighted by Crippen LogP contribution is -2.46. The van der Waals surface area contributed by atoms with Gasteiger partial charge in [-0.05, 0) is 50.6 Å². The summed E-state index contributed by atoms with van der Waals surface area (Å²) in [6.07, 6.45) is 0. The number of rotatable bonds is 3. The Morgan fingerprint density at radius 3 is 2.08 bits per heavy atom. The van der Waals surface area contributed by atoms with E-state index in [2.05, 4.69) is 5.32 Å². The summed E-state index contributed by atoms with van der Waals surface area (Å²) in [7, 11) is -4.01. The highest BCUT2D eigenvalue weighted by Crippen LogP contribution is 2.39. The molecule has 26 heavy (non-hydrogen) atoms. The summed E-state index contributed by atoms with van der Waals surface area (Å²) in [4.78, 5) is 12.9. The van der Waals surface area contributed by atoms with E-state index in [1.165, 1.54) is 12.1 Å². The third-order valence-electron chi connectivity index (χ3n) is 3.91. The second kappa shape index (κ2) is 6.17. The van der Waals surface area contributed by atoms with Crippen LogP contribution in [0.3, 0.4) is 0 Å². The Labute approximate surface area is 152 Å². The number of nitrogens with zero attached hydrogens (tertiary/aromatic N) is 1. The number of carbonyl (C=O) groups excluding carboxylic acids is 1. The quantitative estimate of drug-likeness (QED) is 0.809. The fourth-order valence-corrected chi connectivity index (χ4v) is 4.92. The van der Waals surface area contributed by atoms with Crippen LogP contribution in [0, 0.1) is 0 Å². The molecular weight excluding hydrogens is 352 g/mol. The molecule has 1 amide bonds. The summed E-state index contributed by atoms with van der Waals surface area (Å²) < 4.78 is 27.3. The number of benzene rings is 2. The minimum atomic E-state index is -4.01. The molecule has 0 radical (unpaired) electrons. The van der Waals surface area contributed by atoms with Gasteiger partial charge in [0.05, 0.1) is 5.54 Å². The number of phenolic OH excluding ortho intramolecular Hbond substituents is 1. The van der Waals surface area contributed by atoms with Crippen molar-refractivity contribution in [2.45, 2.75) is 26.3 Å². The second-order valence-electron chi connectivity index (χ2n) is 6.99. The van der Waals surface area contributed by atoms with Crippen LogP contribution >= 0.6 is 0 Å². The molecule has 0 bridgehead atoms. The van der Waals surface area contributed by atoms with Gasteiger partial charge in [-0.2, -0.15) is 0 Å². The van der Waals surface area contributed by atoms with E-state index in [1.807, 2.05) is 0 Å². The van der Waals surface area contributed by atoms with Crippen molar-refractivity contribution >= 4 is 26.5 Å². The maximum Gasteiger partial charge on any atom is 0.285 e. The third-order valence-corrected chi connectivity index (χ3v) is 6.06. The Balaban J connectivity index is 2.19. The van der Waals surface area contributed by atoms with Gasteiger partial charge in [0.2, 0.25) is 0 Å². The fourth-order valence-electron chi connectivity index (χ4n) is 2.88. The summed E-state index contributed by atoms with van der Waals surface area (Å²) in [5, 5.41) is 12.3. The number of anilines is 1. The molecule has 0 atom stereocenters. The molecule has 1 heterocycles. The maximum absolute atomic E-state index is 13.2. The van der Waals surface area contributed by atoms with E-state index in [4.69, 9.17) is 0 Å². The number of aromatic hydroxyl groups is 1. The SMILES string of the molecule is CC(C)(C)N1C(=O)C(Nc2ccc(O)cc2)=C(c2ccccc2)S1(=O)=O. The molecule has 136 valence electrons. The molecule has 0 unspecified atom stereocenters. The highest BCUT2D eigenvalue weighted by atomic mass is 32.2. The Morgan fingerprint density at radius 2 is 1.54 bits per heavy atom. The van der Waals surface area contributed by atoms with Crippen LogP contribution in [0.4, 0.5) is 5.69 Å². The van der Waals surface area contributed by atoms with Crippen LogP contribution in [0.15, 0.2) is 60.3 Å². The number of sulfonamides is 1. The first-order valence-electron chi connectivity index (χ1n) is 8.08. The van der Waals surface area contributed by atoms with Crippen LogP contribution < -0.4 is 5.32 Å². The first-order valence-corrected chi connectivity index (χ1v) is 9.52. The molecule has 0 spiro atoms. The maximum atomic E-state index is 13.2. The number of carbonyl (C=O) groups is 1. The molecule has 6 nitrogen and oxygen atoms in total. The largest absolute Gasteiger partial charge is 0.508 e. The lowest BCUT2D eigenvalue weighted by atomic mass is 10.1. The normalized spacial score (nSPS) is 16.9. The molecule has 0 saturated carbocycles. The van der Waals surface area contributed by atoms with Gasteiger partial charge in [-0.1, -0.05) is 30.3 Å². The molecular formula is C19H20N2O4S. The van der Waals surface area contributed by atoms with E-state index in [9.17, 15) is 18.3 Å². The lowest BCUT2D eigenvalue weighted by Gasteiger charge is -2.30. The molecule has 3 rings (SSSR count). The summed E-state index contributed by atoms with van der Waals surface area (Å²) >= 11 is 0. The average molecular weight is 372 g/mol. The van der Waals surface area contributed by atoms with Crippen molar-refractivity contribution < 1.29 is 18.3 Å². The van der Waals surface area contributed by atoms with Gasteiger partial charge in [-0.15, -0.1) is 0 Å². The molecule has 0 aromatic heterocycles. The number of amides is 1. The van der Waals surface area contributed by atoms with E-state index in [0.29, 0.717) is 11.3 Å². The van der Waals surface area contributed by atoms with E-state index in [1.54, 1.807) is 63.2 Å². The summed E-state index contributed by atoms with van der Waals surface area (Å²) in [6.45, 7) is 5.03. The van der Waals surface area contributed by atoms with Crippen molar-refractivity contribution in [3.63, 3.8) is 0 Å². The fraction of sp³-hybridized carbons (Fsp3) is 0.211. The standard InChI is InChI=1S/C19H20N2O4S/c1-19(2,3)21-18(23)16(20-14-9-11-15(22)12-10-14)17(26(21,24)25)13-7-5-4-6-8-13/h4-12,20,22H,1-3H3. The Morgan fingerprint density at radius 1 is 0.962 bits per heavy atom. The van der Waals surface area contributed by atoms with Gasteiger partial charge in [0.1, 0.15) is 16.4 Å². The van der Waals surface area contributed by atoms with Crippen LogP contribution in [0.5, 0.6) is 5.75 Å². The molecule has 2 aromatic carbocycles. The molecule has 2 N–H and O–H groups in total. The summed E-state index contributed by atoms with van der Waals surface area (Å²) in [6, 6.07) is 14.6. The van der Waals surface area contributed by atoms with Crippen LogP contribution in [0.2, 0.25) is 0 Å². The molecule has 0 saturated heterocycles. The van der Waals surface area contributed by atoms with E-state index < -0.39 is 21.5 Å². The minimum absolute atomic E-state index is 0.00295. The number of nitrogens with one attached hydrogen (secondary N) is 1. The van der Waals surface area contributed by atoms with Gasteiger partial charge in [0, 0.05) is 5.69 Å². The van der Waals surface area contributed by atoms with Crippen molar-refractivity contribution in [1.82, 2.24) is 4.31 Å². The molecule has 0 aliphatic carbocycles. The van der Waals surface area contributed by atoms with Gasteiger partial charge >= 0.3 is 0 Å². The van der Waals surface area contributed by atoms with Gasteiger partial charge < -0.3 is 10.4 Å². The summed E-state index contributed by atoms with van der Waals surface area (Å²) in [5.41, 5.74) is 0.0326. The van der Waals surface area contributed by atoms with Crippen LogP contribution in [-0.4, -0.2) is 29.3 Å². The monoisotopic (exact) mass is 372 g/mol. The minimum Gasteiger partial charge on any atom is -0.508 e. The zero-order valence-electron chi connectivity index (χ0n) is 14.7. The summed E-state index contributed by atoms with van der Waals surface area (Å²) in [5.74, 6) is -0.529. The molecule has 7 heteroatoms. The van der Waals surface area contributed by atoms with Crippen molar-refractivity contribution in [2.75, 3.05) is 5.32 Å². The van der Waals surface area contributed by atoms with Crippen LogP contribution in [-0.2, 0) is 14.8 Å². The Hall–Kier alpha value is -2.80. The highest BCUT2D eigenvalue weighted by Gasteiger charge is 2.49. The Bertz CT molecular complexity index is 972. The first kappa shape index (κ1) is 18.0. The average Bonchev–Trinajstić information content (AvgIpc) is 2.75. The van der Waals surface area contributed by atoms with Gasteiger partial charge in [-0.25, -0.2) is 12.7 Å². The second-order valence-corrected chi connectivity index (χ2v) is 8.71. The zero-order valence-corrected chi connectivity index (χ0v) is 15.5. The van der Waals surface area contributed by atoms with Crippen LogP contribution in [0.25, 0.3) is 4.91 Å². The van der Waals surface area contributed by atoms with Crippen molar-refractivity contribution in [3.8, 4) is 5.75 Å². The van der Waals surface area contributed by atoms with E-state index in [0.717, 1.165) is 4.31 Å². The van der Waals surface area contributed by atoms with E-state index >= 15 is 0 Å². The molecule has 0 fully saturated rings. The lowest BCUT2D eigenvalue weighted by molar-refractivity contribution is -0.124. The smallest absolute Gasteiger partial charge is 0.285 e.